The number of rotatable bonds is 3. The Morgan fingerprint density at radius 1 is 1.30 bits per heavy atom. The molecule has 3 aromatic rings. The van der Waals surface area contributed by atoms with E-state index in [-0.39, 0.29) is 11.6 Å². The summed E-state index contributed by atoms with van der Waals surface area (Å²) in [5.41, 5.74) is 1.47. The number of hydrogen-bond donors (Lipinski definition) is 2. The number of anilines is 2. The molecule has 7 heteroatoms. The molecule has 4 rings (SSSR count). The van der Waals surface area contributed by atoms with Gasteiger partial charge in [0.2, 0.25) is 0 Å². The summed E-state index contributed by atoms with van der Waals surface area (Å²) in [6, 6.07) is 9.30. The minimum absolute atomic E-state index is 0.153. The lowest BCUT2D eigenvalue weighted by Crippen LogP contribution is -2.11. The van der Waals surface area contributed by atoms with E-state index in [4.69, 9.17) is 16.3 Å². The second-order valence-corrected chi connectivity index (χ2v) is 5.95. The summed E-state index contributed by atoms with van der Waals surface area (Å²) in [5.74, 6) is 0.538. The van der Waals surface area contributed by atoms with Crippen LogP contribution in [0.5, 0.6) is 0 Å². The van der Waals surface area contributed by atoms with E-state index in [9.17, 15) is 4.79 Å². The fourth-order valence-corrected chi connectivity index (χ4v) is 2.98. The van der Waals surface area contributed by atoms with Crippen molar-refractivity contribution in [1.29, 1.82) is 0 Å². The molecule has 0 bridgehead atoms. The summed E-state index contributed by atoms with van der Waals surface area (Å²) in [7, 11) is 0. The molecule has 3 heterocycles. The van der Waals surface area contributed by atoms with Crippen molar-refractivity contribution in [2.45, 2.75) is 12.5 Å². The molecule has 6 nitrogen and oxygen atoms in total. The molecule has 0 radical (unpaired) electrons. The van der Waals surface area contributed by atoms with E-state index in [1.54, 1.807) is 18.3 Å². The van der Waals surface area contributed by atoms with E-state index >= 15 is 0 Å². The monoisotopic (exact) mass is 330 g/mol. The molecule has 2 N–H and O–H groups in total. The van der Waals surface area contributed by atoms with E-state index in [0.717, 1.165) is 24.2 Å². The maximum Gasteiger partial charge on any atom is 0.261 e. The van der Waals surface area contributed by atoms with Crippen LogP contribution in [0.25, 0.3) is 10.9 Å². The third kappa shape index (κ3) is 2.60. The van der Waals surface area contributed by atoms with Crippen LogP contribution in [-0.4, -0.2) is 28.0 Å². The van der Waals surface area contributed by atoms with E-state index in [1.165, 1.54) is 0 Å². The molecule has 23 heavy (non-hydrogen) atoms. The lowest BCUT2D eigenvalue weighted by Gasteiger charge is -2.09. The van der Waals surface area contributed by atoms with Gasteiger partial charge in [0.1, 0.15) is 5.39 Å². The van der Waals surface area contributed by atoms with Crippen molar-refractivity contribution >= 4 is 34.0 Å². The molecule has 1 atom stereocenters. The van der Waals surface area contributed by atoms with Gasteiger partial charge in [0.25, 0.3) is 5.56 Å². The molecule has 118 valence electrons. The van der Waals surface area contributed by atoms with Gasteiger partial charge in [0, 0.05) is 23.5 Å². The van der Waals surface area contributed by atoms with Crippen molar-refractivity contribution in [3.63, 3.8) is 0 Å². The fraction of sp³-hybridized carbons (Fsp3) is 0.250. The minimum Gasteiger partial charge on any atom is -0.379 e. The van der Waals surface area contributed by atoms with Gasteiger partial charge >= 0.3 is 0 Å². The number of hydrogen-bond acceptors (Lipinski definition) is 4. The first-order valence-corrected chi connectivity index (χ1v) is 7.80. The van der Waals surface area contributed by atoms with Crippen LogP contribution in [0.1, 0.15) is 12.5 Å². The number of halogens is 1. The summed E-state index contributed by atoms with van der Waals surface area (Å²) < 4.78 is 7.33. The molecular formula is C16H15ClN4O2. The summed E-state index contributed by atoms with van der Waals surface area (Å²) in [6.45, 7) is 1.33. The Labute approximate surface area is 137 Å². The lowest BCUT2D eigenvalue weighted by molar-refractivity contribution is 0.185. The molecular weight excluding hydrogens is 316 g/mol. The second kappa shape index (κ2) is 5.72. The van der Waals surface area contributed by atoms with E-state index in [0.29, 0.717) is 22.8 Å². The van der Waals surface area contributed by atoms with Crippen LogP contribution < -0.4 is 10.9 Å². The number of aromatic nitrogens is 3. The van der Waals surface area contributed by atoms with Gasteiger partial charge in [-0.2, -0.15) is 5.10 Å². The zero-order valence-electron chi connectivity index (χ0n) is 12.3. The van der Waals surface area contributed by atoms with Gasteiger partial charge in [0.15, 0.2) is 5.82 Å². The Bertz CT molecular complexity index is 895. The average molecular weight is 331 g/mol. The first-order valence-electron chi connectivity index (χ1n) is 7.42. The third-order valence-corrected chi connectivity index (χ3v) is 4.24. The Balaban J connectivity index is 1.82. The van der Waals surface area contributed by atoms with Crippen LogP contribution in [0.2, 0.25) is 5.02 Å². The van der Waals surface area contributed by atoms with Crippen molar-refractivity contribution in [1.82, 2.24) is 14.8 Å². The zero-order valence-corrected chi connectivity index (χ0v) is 13.0. The summed E-state index contributed by atoms with van der Waals surface area (Å²) in [4.78, 5) is 15.0. The smallest absolute Gasteiger partial charge is 0.261 e. The molecule has 1 saturated heterocycles. The number of fused-ring (bicyclic) bond motifs is 1. The van der Waals surface area contributed by atoms with Crippen molar-refractivity contribution in [2.75, 3.05) is 18.5 Å². The first kappa shape index (κ1) is 14.3. The highest BCUT2D eigenvalue weighted by Crippen LogP contribution is 2.28. The molecule has 1 fully saturated rings. The highest BCUT2D eigenvalue weighted by atomic mass is 35.5. The minimum atomic E-state index is -0.163. The number of H-pyrrole nitrogens is 1. The van der Waals surface area contributed by atoms with E-state index in [1.807, 2.05) is 22.9 Å². The van der Waals surface area contributed by atoms with Gasteiger partial charge in [-0.1, -0.05) is 11.6 Å². The molecule has 1 aromatic carbocycles. The lowest BCUT2D eigenvalue weighted by atomic mass is 10.2. The third-order valence-electron chi connectivity index (χ3n) is 3.99. The molecule has 1 aliphatic rings. The summed E-state index contributed by atoms with van der Waals surface area (Å²) in [6.07, 6.45) is 2.54. The average Bonchev–Trinajstić information content (AvgIpc) is 3.18. The van der Waals surface area contributed by atoms with Crippen LogP contribution in [0, 0.1) is 0 Å². The predicted octanol–water partition coefficient (Wildman–Crippen LogP) is 3.08. The number of nitrogens with zero attached hydrogens (tertiary/aromatic N) is 2. The Hall–Kier alpha value is -2.31. The molecule has 0 saturated carbocycles. The maximum atomic E-state index is 12.3. The van der Waals surface area contributed by atoms with Gasteiger partial charge in [0.05, 0.1) is 18.2 Å². The van der Waals surface area contributed by atoms with Crippen LogP contribution >= 0.6 is 11.6 Å². The van der Waals surface area contributed by atoms with Gasteiger partial charge in [-0.25, -0.2) is 0 Å². The molecule has 0 amide bonds. The largest absolute Gasteiger partial charge is 0.379 e. The molecule has 0 spiro atoms. The van der Waals surface area contributed by atoms with Crippen LogP contribution in [0.15, 0.2) is 41.3 Å². The molecule has 2 aromatic heterocycles. The summed E-state index contributed by atoms with van der Waals surface area (Å²) in [5, 5.41) is 9.04. The first-order chi connectivity index (χ1) is 11.2. The van der Waals surface area contributed by atoms with Crippen molar-refractivity contribution in [2.24, 2.45) is 0 Å². The highest BCUT2D eigenvalue weighted by molar-refractivity contribution is 6.30. The number of aromatic amines is 1. The summed E-state index contributed by atoms with van der Waals surface area (Å²) >= 11 is 5.91. The van der Waals surface area contributed by atoms with Crippen molar-refractivity contribution in [3.8, 4) is 0 Å². The quantitative estimate of drug-likeness (QED) is 0.774. The van der Waals surface area contributed by atoms with Crippen LogP contribution in [0.3, 0.4) is 0 Å². The Kier molecular flexibility index (Phi) is 3.55. The van der Waals surface area contributed by atoms with Crippen molar-refractivity contribution < 1.29 is 4.74 Å². The normalized spacial score (nSPS) is 17.7. The molecule has 1 unspecified atom stereocenters. The zero-order chi connectivity index (χ0) is 15.8. The fourth-order valence-electron chi connectivity index (χ4n) is 2.85. The topological polar surface area (TPSA) is 71.9 Å². The number of nitrogens with one attached hydrogen (secondary N) is 2. The van der Waals surface area contributed by atoms with Gasteiger partial charge in [-0.15, -0.1) is 0 Å². The highest BCUT2D eigenvalue weighted by Gasteiger charge is 2.23. The van der Waals surface area contributed by atoms with Crippen LogP contribution in [-0.2, 0) is 4.74 Å². The predicted molar refractivity (Wildman–Crippen MR) is 89.6 cm³/mol. The van der Waals surface area contributed by atoms with E-state index in [2.05, 4.69) is 15.4 Å². The van der Waals surface area contributed by atoms with Gasteiger partial charge < -0.3 is 15.0 Å². The van der Waals surface area contributed by atoms with Crippen molar-refractivity contribution in [3.05, 3.63) is 51.9 Å². The molecule has 0 aliphatic carbocycles. The van der Waals surface area contributed by atoms with Crippen LogP contribution in [0.4, 0.5) is 11.5 Å². The number of pyridine rings is 1. The maximum absolute atomic E-state index is 12.3. The molecule has 1 aliphatic heterocycles. The van der Waals surface area contributed by atoms with Gasteiger partial charge in [-0.3, -0.25) is 9.48 Å². The Morgan fingerprint density at radius 3 is 2.87 bits per heavy atom. The van der Waals surface area contributed by atoms with E-state index < -0.39 is 0 Å². The number of ether oxygens (including phenoxy) is 1. The standard InChI is InChI=1S/C16H15ClN4O2/c17-10-1-3-11(4-2-10)19-15-14-13(5-7-18-16(14)22)21(20-15)12-6-8-23-9-12/h1-5,7,12H,6,8-9H2,(H,18,22)(H,19,20). The second-order valence-electron chi connectivity index (χ2n) is 5.51. The Morgan fingerprint density at radius 2 is 2.13 bits per heavy atom. The number of benzene rings is 1. The SMILES string of the molecule is O=c1[nH]ccc2c1c(Nc1ccc(Cl)cc1)nn2C1CCOC1. The van der Waals surface area contributed by atoms with Gasteiger partial charge in [-0.05, 0) is 36.8 Å².